The molecule has 0 radical (unpaired) electrons. The third-order valence-electron chi connectivity index (χ3n) is 4.37. The second-order valence-corrected chi connectivity index (χ2v) is 6.80. The Kier molecular flexibility index (Phi) is 6.98. The first-order valence-corrected chi connectivity index (χ1v) is 9.59. The van der Waals surface area contributed by atoms with Crippen LogP contribution in [0.4, 0.5) is 10.1 Å². The maximum atomic E-state index is 13.3. The molecule has 3 aromatic carbocycles. The number of nitrogens with one attached hydrogen (secondary N) is 1. The van der Waals surface area contributed by atoms with Crippen molar-refractivity contribution in [2.45, 2.75) is 6.42 Å². The van der Waals surface area contributed by atoms with Crippen molar-refractivity contribution in [2.24, 2.45) is 0 Å². The fourth-order valence-corrected chi connectivity index (χ4v) is 3.11. The van der Waals surface area contributed by atoms with Crippen molar-refractivity contribution in [2.75, 3.05) is 18.0 Å². The van der Waals surface area contributed by atoms with Crippen LogP contribution in [0.5, 0.6) is 0 Å². The Balaban J connectivity index is 1.66. The first-order valence-electron chi connectivity index (χ1n) is 9.21. The number of benzene rings is 3. The van der Waals surface area contributed by atoms with E-state index in [4.69, 9.17) is 11.6 Å². The average molecular weight is 411 g/mol. The van der Waals surface area contributed by atoms with Gasteiger partial charge in [-0.3, -0.25) is 9.59 Å². The third kappa shape index (κ3) is 5.42. The number of halogens is 2. The van der Waals surface area contributed by atoms with Crippen molar-refractivity contribution in [1.82, 2.24) is 5.32 Å². The summed E-state index contributed by atoms with van der Waals surface area (Å²) in [5.74, 6) is -0.819. The molecule has 148 valence electrons. The molecule has 0 aromatic heterocycles. The van der Waals surface area contributed by atoms with Crippen molar-refractivity contribution < 1.29 is 14.0 Å². The molecule has 0 unspecified atom stereocenters. The Labute approximate surface area is 173 Å². The van der Waals surface area contributed by atoms with Gasteiger partial charge in [-0.05, 0) is 55.0 Å². The summed E-state index contributed by atoms with van der Waals surface area (Å²) < 4.78 is 13.3. The highest BCUT2D eigenvalue weighted by molar-refractivity contribution is 6.33. The van der Waals surface area contributed by atoms with E-state index in [-0.39, 0.29) is 17.6 Å². The monoisotopic (exact) mass is 410 g/mol. The summed E-state index contributed by atoms with van der Waals surface area (Å²) >= 11 is 6.04. The quantitative estimate of drug-likeness (QED) is 0.560. The zero-order valence-corrected chi connectivity index (χ0v) is 16.4. The van der Waals surface area contributed by atoms with Gasteiger partial charge in [0.15, 0.2) is 0 Å². The van der Waals surface area contributed by atoms with Crippen molar-refractivity contribution in [3.8, 4) is 0 Å². The van der Waals surface area contributed by atoms with Gasteiger partial charge in [0.1, 0.15) is 5.82 Å². The largest absolute Gasteiger partial charge is 0.352 e. The average Bonchev–Trinajstić information content (AvgIpc) is 2.75. The fourth-order valence-electron chi connectivity index (χ4n) is 2.89. The van der Waals surface area contributed by atoms with E-state index in [1.807, 2.05) is 6.07 Å². The summed E-state index contributed by atoms with van der Waals surface area (Å²) in [4.78, 5) is 26.8. The van der Waals surface area contributed by atoms with E-state index in [1.165, 1.54) is 12.1 Å². The van der Waals surface area contributed by atoms with Gasteiger partial charge in [-0.1, -0.05) is 41.9 Å². The van der Waals surface area contributed by atoms with Crippen LogP contribution in [0.25, 0.3) is 0 Å². The number of amides is 2. The number of hydrogen-bond donors (Lipinski definition) is 1. The topological polar surface area (TPSA) is 49.4 Å². The van der Waals surface area contributed by atoms with Crippen LogP contribution in [0.2, 0.25) is 5.02 Å². The highest BCUT2D eigenvalue weighted by Crippen LogP contribution is 2.19. The molecule has 3 rings (SSSR count). The Morgan fingerprint density at radius 3 is 2.24 bits per heavy atom. The third-order valence-corrected chi connectivity index (χ3v) is 4.70. The van der Waals surface area contributed by atoms with Gasteiger partial charge < -0.3 is 10.2 Å². The smallest absolute Gasteiger partial charge is 0.258 e. The van der Waals surface area contributed by atoms with Gasteiger partial charge in [-0.15, -0.1) is 0 Å². The van der Waals surface area contributed by atoms with Crippen molar-refractivity contribution >= 4 is 29.1 Å². The second-order valence-electron chi connectivity index (χ2n) is 6.39. The van der Waals surface area contributed by atoms with E-state index in [2.05, 4.69) is 5.32 Å². The molecule has 0 atom stereocenters. The van der Waals surface area contributed by atoms with E-state index in [1.54, 1.807) is 65.6 Å². The molecule has 1 N–H and O–H groups in total. The molecule has 29 heavy (non-hydrogen) atoms. The predicted molar refractivity (Wildman–Crippen MR) is 113 cm³/mol. The van der Waals surface area contributed by atoms with Crippen molar-refractivity contribution in [3.63, 3.8) is 0 Å². The lowest BCUT2D eigenvalue weighted by atomic mass is 10.1. The van der Waals surface area contributed by atoms with E-state index in [9.17, 15) is 14.0 Å². The minimum Gasteiger partial charge on any atom is -0.352 e. The molecule has 0 saturated carbocycles. The molecule has 4 nitrogen and oxygen atoms in total. The highest BCUT2D eigenvalue weighted by atomic mass is 35.5. The summed E-state index contributed by atoms with van der Waals surface area (Å²) in [6.07, 6.45) is 0.520. The van der Waals surface area contributed by atoms with E-state index in [0.29, 0.717) is 41.3 Å². The Bertz CT molecular complexity index is 978. The molecule has 0 aliphatic carbocycles. The van der Waals surface area contributed by atoms with Gasteiger partial charge in [0.05, 0.1) is 10.6 Å². The second kappa shape index (κ2) is 9.85. The van der Waals surface area contributed by atoms with Crippen LogP contribution in [0.1, 0.15) is 27.1 Å². The lowest BCUT2D eigenvalue weighted by Gasteiger charge is -2.23. The maximum absolute atomic E-state index is 13.3. The van der Waals surface area contributed by atoms with Crippen LogP contribution >= 0.6 is 11.6 Å². The van der Waals surface area contributed by atoms with Crippen molar-refractivity contribution in [3.05, 3.63) is 101 Å². The lowest BCUT2D eigenvalue weighted by Crippen LogP contribution is -2.34. The molecule has 0 aliphatic heterocycles. The molecule has 0 aliphatic rings. The molecular formula is C23H20ClFN2O2. The summed E-state index contributed by atoms with van der Waals surface area (Å²) in [5, 5.41) is 3.20. The molecule has 0 saturated heterocycles. The van der Waals surface area contributed by atoms with Gasteiger partial charge in [0, 0.05) is 24.3 Å². The first-order chi connectivity index (χ1) is 14.1. The Morgan fingerprint density at radius 1 is 0.897 bits per heavy atom. The molecule has 2 amide bonds. The predicted octanol–water partition coefficient (Wildman–Crippen LogP) is 4.95. The van der Waals surface area contributed by atoms with Gasteiger partial charge >= 0.3 is 0 Å². The summed E-state index contributed by atoms with van der Waals surface area (Å²) in [6.45, 7) is 0.728. The van der Waals surface area contributed by atoms with Crippen molar-refractivity contribution in [1.29, 1.82) is 0 Å². The number of carbonyl (C=O) groups excluding carboxylic acids is 2. The molecular weight excluding hydrogens is 391 g/mol. The molecule has 0 bridgehead atoms. The summed E-state index contributed by atoms with van der Waals surface area (Å²) in [5.41, 5.74) is 1.54. The fraction of sp³-hybridized carbons (Fsp3) is 0.130. The summed E-state index contributed by atoms with van der Waals surface area (Å²) in [6, 6.07) is 21.5. The highest BCUT2D eigenvalue weighted by Gasteiger charge is 2.17. The van der Waals surface area contributed by atoms with Crippen LogP contribution in [0.3, 0.4) is 0 Å². The number of carbonyl (C=O) groups is 2. The molecule has 0 fully saturated rings. The first kappa shape index (κ1) is 20.6. The lowest BCUT2D eigenvalue weighted by molar-refractivity contribution is 0.0953. The number of anilines is 1. The van der Waals surface area contributed by atoms with E-state index >= 15 is 0 Å². The van der Waals surface area contributed by atoms with Crippen LogP contribution in [0, 0.1) is 5.82 Å². The number of nitrogens with zero attached hydrogens (tertiary/aromatic N) is 1. The Morgan fingerprint density at radius 2 is 1.55 bits per heavy atom. The SMILES string of the molecule is O=C(NCCCN(C(=O)c1ccccc1)c1ccc(F)cc1)c1ccccc1Cl. The Hall–Kier alpha value is -3.18. The van der Waals surface area contributed by atoms with Gasteiger partial charge in [0.2, 0.25) is 0 Å². The minimum absolute atomic E-state index is 0.186. The van der Waals surface area contributed by atoms with Gasteiger partial charge in [-0.25, -0.2) is 4.39 Å². The van der Waals surface area contributed by atoms with Crippen LogP contribution in [-0.2, 0) is 0 Å². The molecule has 0 spiro atoms. The minimum atomic E-state index is -0.368. The number of hydrogen-bond acceptors (Lipinski definition) is 2. The van der Waals surface area contributed by atoms with Crippen LogP contribution in [0.15, 0.2) is 78.9 Å². The van der Waals surface area contributed by atoms with Crippen LogP contribution < -0.4 is 10.2 Å². The maximum Gasteiger partial charge on any atom is 0.258 e. The van der Waals surface area contributed by atoms with E-state index < -0.39 is 0 Å². The number of rotatable bonds is 7. The zero-order valence-electron chi connectivity index (χ0n) is 15.6. The standard InChI is InChI=1S/C23H20ClFN2O2/c24-21-10-5-4-9-20(21)22(28)26-15-6-16-27(19-13-11-18(25)12-14-19)23(29)17-7-2-1-3-8-17/h1-5,7-14H,6,15-16H2,(H,26,28). The molecule has 0 heterocycles. The normalized spacial score (nSPS) is 10.4. The van der Waals surface area contributed by atoms with E-state index in [0.717, 1.165) is 0 Å². The summed E-state index contributed by atoms with van der Waals surface area (Å²) in [7, 11) is 0. The van der Waals surface area contributed by atoms with Gasteiger partial charge in [-0.2, -0.15) is 0 Å². The molecule has 3 aromatic rings. The zero-order chi connectivity index (χ0) is 20.6. The van der Waals surface area contributed by atoms with Crippen LogP contribution in [-0.4, -0.2) is 24.9 Å². The molecule has 6 heteroatoms. The van der Waals surface area contributed by atoms with Gasteiger partial charge in [0.25, 0.3) is 11.8 Å².